The third kappa shape index (κ3) is 5.17. The molecular formula is C24H33F. The second-order valence-corrected chi connectivity index (χ2v) is 8.14. The first-order valence-corrected chi connectivity index (χ1v) is 9.68. The lowest BCUT2D eigenvalue weighted by atomic mass is 9.87. The van der Waals surface area contributed by atoms with Crippen molar-refractivity contribution >= 4 is 0 Å². The van der Waals surface area contributed by atoms with Gasteiger partial charge in [-0.2, -0.15) is 0 Å². The van der Waals surface area contributed by atoms with Crippen LogP contribution in [0.1, 0.15) is 100 Å². The van der Waals surface area contributed by atoms with Crippen LogP contribution in [-0.2, 0) is 0 Å². The van der Waals surface area contributed by atoms with Crippen molar-refractivity contribution in [1.82, 2.24) is 0 Å². The smallest absolute Gasteiger partial charge is 0.126 e. The van der Waals surface area contributed by atoms with E-state index in [0.29, 0.717) is 17.8 Å². The summed E-state index contributed by atoms with van der Waals surface area (Å²) in [7, 11) is 0. The molecule has 0 nitrogen and oxygen atoms in total. The highest BCUT2D eigenvalue weighted by Crippen LogP contribution is 2.30. The third-order valence-electron chi connectivity index (χ3n) is 5.42. The van der Waals surface area contributed by atoms with E-state index in [9.17, 15) is 4.39 Å². The average Bonchev–Trinajstić information content (AvgIpc) is 2.58. The van der Waals surface area contributed by atoms with Crippen LogP contribution >= 0.6 is 0 Å². The van der Waals surface area contributed by atoms with Crippen LogP contribution in [0.2, 0.25) is 0 Å². The number of benzene rings is 2. The Morgan fingerprint density at radius 2 is 1.12 bits per heavy atom. The lowest BCUT2D eigenvalue weighted by molar-refractivity contribution is 0.562. The largest absolute Gasteiger partial charge is 0.207 e. The molecule has 1 heteroatoms. The fourth-order valence-electron chi connectivity index (χ4n) is 3.36. The highest BCUT2D eigenvalue weighted by Gasteiger charge is 2.13. The molecule has 0 aliphatic carbocycles. The maximum Gasteiger partial charge on any atom is 0.126 e. The van der Waals surface area contributed by atoms with Gasteiger partial charge >= 0.3 is 0 Å². The zero-order valence-corrected chi connectivity index (χ0v) is 16.6. The van der Waals surface area contributed by atoms with Gasteiger partial charge in [0.05, 0.1) is 0 Å². The highest BCUT2D eigenvalue weighted by molar-refractivity contribution is 5.29. The number of hydrogen-bond acceptors (Lipinski definition) is 0. The van der Waals surface area contributed by atoms with Crippen LogP contribution in [0.15, 0.2) is 42.5 Å². The first-order chi connectivity index (χ1) is 11.8. The molecule has 0 aromatic heterocycles. The predicted molar refractivity (Wildman–Crippen MR) is 107 cm³/mol. The first kappa shape index (κ1) is 19.7. The molecule has 25 heavy (non-hydrogen) atoms. The van der Waals surface area contributed by atoms with Crippen LogP contribution in [0.4, 0.5) is 4.39 Å². The van der Waals surface area contributed by atoms with Crippen molar-refractivity contribution in [3.8, 4) is 0 Å². The minimum absolute atomic E-state index is 0.0586. The molecule has 0 radical (unpaired) electrons. The zero-order valence-electron chi connectivity index (χ0n) is 16.6. The quantitative estimate of drug-likeness (QED) is 0.483. The Balaban J connectivity index is 1.96. The van der Waals surface area contributed by atoms with Crippen molar-refractivity contribution in [2.75, 3.05) is 0 Å². The standard InChI is InChI=1S/C24H33F/c1-16(2)20-9-11-21(12-10-20)18(5)7-8-19(6)22-13-14-23(17(3)4)24(25)15-22/h9-19H,7-8H2,1-6H3. The summed E-state index contributed by atoms with van der Waals surface area (Å²) < 4.78 is 14.2. The molecule has 0 bridgehead atoms. The lowest BCUT2D eigenvalue weighted by Gasteiger charge is -2.18. The van der Waals surface area contributed by atoms with Gasteiger partial charge in [0, 0.05) is 0 Å². The summed E-state index contributed by atoms with van der Waals surface area (Å²) in [4.78, 5) is 0. The van der Waals surface area contributed by atoms with Gasteiger partial charge in [0.2, 0.25) is 0 Å². The highest BCUT2D eigenvalue weighted by atomic mass is 19.1. The van der Waals surface area contributed by atoms with Gasteiger partial charge in [-0.15, -0.1) is 0 Å². The minimum atomic E-state index is -0.0586. The van der Waals surface area contributed by atoms with Crippen LogP contribution in [0.5, 0.6) is 0 Å². The molecule has 0 saturated heterocycles. The Bertz CT molecular complexity index is 667. The summed E-state index contributed by atoms with van der Waals surface area (Å²) in [5.74, 6) is 1.67. The van der Waals surface area contributed by atoms with E-state index < -0.39 is 0 Å². The van der Waals surface area contributed by atoms with Crippen molar-refractivity contribution < 1.29 is 4.39 Å². The zero-order chi connectivity index (χ0) is 18.6. The van der Waals surface area contributed by atoms with Gasteiger partial charge in [-0.25, -0.2) is 4.39 Å². The molecule has 0 N–H and O–H groups in total. The van der Waals surface area contributed by atoms with Crippen LogP contribution < -0.4 is 0 Å². The summed E-state index contributed by atoms with van der Waals surface area (Å²) >= 11 is 0. The molecule has 0 saturated carbocycles. The molecule has 2 atom stereocenters. The molecule has 0 aliphatic rings. The van der Waals surface area contributed by atoms with Crippen molar-refractivity contribution in [2.45, 2.75) is 78.1 Å². The van der Waals surface area contributed by atoms with E-state index in [4.69, 9.17) is 0 Å². The Morgan fingerprint density at radius 1 is 0.640 bits per heavy atom. The topological polar surface area (TPSA) is 0 Å². The van der Waals surface area contributed by atoms with E-state index >= 15 is 0 Å². The number of hydrogen-bond donors (Lipinski definition) is 0. The van der Waals surface area contributed by atoms with E-state index in [1.807, 2.05) is 19.9 Å². The maximum absolute atomic E-state index is 14.2. The monoisotopic (exact) mass is 340 g/mol. The van der Waals surface area contributed by atoms with E-state index in [1.165, 1.54) is 11.1 Å². The molecule has 2 aromatic carbocycles. The molecule has 0 heterocycles. The van der Waals surface area contributed by atoms with Gasteiger partial charge in [0.15, 0.2) is 0 Å². The fraction of sp³-hybridized carbons (Fsp3) is 0.500. The summed E-state index contributed by atoms with van der Waals surface area (Å²) in [6, 6.07) is 14.8. The molecular weight excluding hydrogens is 307 g/mol. The van der Waals surface area contributed by atoms with Crippen molar-refractivity contribution in [3.05, 3.63) is 70.5 Å². The third-order valence-corrected chi connectivity index (χ3v) is 5.42. The maximum atomic E-state index is 14.2. The second kappa shape index (κ2) is 8.65. The normalized spacial score (nSPS) is 14.1. The van der Waals surface area contributed by atoms with Crippen LogP contribution in [0.3, 0.4) is 0 Å². The molecule has 2 rings (SSSR count). The second-order valence-electron chi connectivity index (χ2n) is 8.14. The van der Waals surface area contributed by atoms with E-state index in [-0.39, 0.29) is 11.7 Å². The SMILES string of the molecule is CC(C)c1ccc(C(C)CCC(C)c2ccc(C(C)C)c(F)c2)cc1. The average molecular weight is 341 g/mol. The summed E-state index contributed by atoms with van der Waals surface area (Å²) in [5, 5.41) is 0. The molecule has 2 aromatic rings. The molecule has 0 aliphatic heterocycles. The van der Waals surface area contributed by atoms with Gasteiger partial charge in [-0.3, -0.25) is 0 Å². The summed E-state index contributed by atoms with van der Waals surface area (Å²) in [5.41, 5.74) is 4.72. The first-order valence-electron chi connectivity index (χ1n) is 9.68. The van der Waals surface area contributed by atoms with Gasteiger partial charge in [0.1, 0.15) is 5.82 Å². The Morgan fingerprint density at radius 3 is 1.60 bits per heavy atom. The Hall–Kier alpha value is -1.63. The van der Waals surface area contributed by atoms with Gasteiger partial charge in [-0.1, -0.05) is 77.9 Å². The van der Waals surface area contributed by atoms with Crippen LogP contribution in [0.25, 0.3) is 0 Å². The predicted octanol–water partition coefficient (Wildman–Crippen LogP) is 7.76. The molecule has 0 spiro atoms. The van der Waals surface area contributed by atoms with Crippen molar-refractivity contribution in [1.29, 1.82) is 0 Å². The van der Waals surface area contributed by atoms with Crippen molar-refractivity contribution in [3.63, 3.8) is 0 Å². The van der Waals surface area contributed by atoms with Gasteiger partial charge in [-0.05, 0) is 64.8 Å². The van der Waals surface area contributed by atoms with Crippen LogP contribution in [0, 0.1) is 5.82 Å². The molecule has 0 fully saturated rings. The molecule has 136 valence electrons. The minimum Gasteiger partial charge on any atom is -0.207 e. The number of halogens is 1. The Kier molecular flexibility index (Phi) is 6.81. The van der Waals surface area contributed by atoms with Crippen molar-refractivity contribution in [2.24, 2.45) is 0 Å². The summed E-state index contributed by atoms with van der Waals surface area (Å²) in [6.45, 7) is 13.0. The molecule has 0 amide bonds. The number of rotatable bonds is 7. The van der Waals surface area contributed by atoms with E-state index in [2.05, 4.69) is 58.0 Å². The fourth-order valence-corrected chi connectivity index (χ4v) is 3.36. The van der Waals surface area contributed by atoms with Crippen LogP contribution in [-0.4, -0.2) is 0 Å². The van der Waals surface area contributed by atoms with E-state index in [0.717, 1.165) is 24.0 Å². The Labute approximate surface area is 153 Å². The molecule has 2 unspecified atom stereocenters. The van der Waals surface area contributed by atoms with Gasteiger partial charge < -0.3 is 0 Å². The van der Waals surface area contributed by atoms with Gasteiger partial charge in [0.25, 0.3) is 0 Å². The lowest BCUT2D eigenvalue weighted by Crippen LogP contribution is -2.01. The summed E-state index contributed by atoms with van der Waals surface area (Å²) in [6.07, 6.45) is 2.20. The van der Waals surface area contributed by atoms with E-state index in [1.54, 1.807) is 6.07 Å².